The van der Waals surface area contributed by atoms with Gasteiger partial charge in [0.25, 0.3) is 5.78 Å². The van der Waals surface area contributed by atoms with Crippen LogP contribution in [0.5, 0.6) is 0 Å². The first-order valence-corrected chi connectivity index (χ1v) is 9.15. The van der Waals surface area contributed by atoms with Crippen molar-refractivity contribution in [3.63, 3.8) is 0 Å². The summed E-state index contributed by atoms with van der Waals surface area (Å²) in [7, 11) is 0. The van der Waals surface area contributed by atoms with Crippen molar-refractivity contribution in [2.45, 2.75) is 51.2 Å². The Morgan fingerprint density at radius 3 is 2.32 bits per heavy atom. The third-order valence-corrected chi connectivity index (χ3v) is 5.11. The van der Waals surface area contributed by atoms with Crippen LogP contribution in [0.4, 0.5) is 13.6 Å². The highest BCUT2D eigenvalue weighted by molar-refractivity contribution is 6.36. The van der Waals surface area contributed by atoms with Gasteiger partial charge in [-0.25, -0.2) is 18.4 Å². The molecule has 1 saturated carbocycles. The summed E-state index contributed by atoms with van der Waals surface area (Å²) in [5.74, 6) is -3.79. The lowest BCUT2D eigenvalue weighted by Crippen LogP contribution is -2.48. The first-order valence-electron chi connectivity index (χ1n) is 9.15. The Morgan fingerprint density at radius 1 is 1.18 bits per heavy atom. The van der Waals surface area contributed by atoms with Gasteiger partial charge in [0.2, 0.25) is 0 Å². The molecule has 1 aromatic rings. The van der Waals surface area contributed by atoms with Crippen molar-refractivity contribution in [3.8, 4) is 0 Å². The van der Waals surface area contributed by atoms with Crippen molar-refractivity contribution in [1.29, 1.82) is 0 Å². The van der Waals surface area contributed by atoms with Crippen molar-refractivity contribution in [2.75, 3.05) is 13.2 Å². The van der Waals surface area contributed by atoms with E-state index in [0.29, 0.717) is 12.0 Å². The summed E-state index contributed by atoms with van der Waals surface area (Å²) in [5, 5.41) is 0. The van der Waals surface area contributed by atoms with Gasteiger partial charge >= 0.3 is 12.1 Å². The summed E-state index contributed by atoms with van der Waals surface area (Å²) >= 11 is 0. The second kappa shape index (κ2) is 6.83. The third-order valence-electron chi connectivity index (χ3n) is 5.11. The van der Waals surface area contributed by atoms with Crippen LogP contribution in [0.25, 0.3) is 0 Å². The number of amides is 1. The number of carbonyl (C=O) groups excluding carboxylic acids is 3. The summed E-state index contributed by atoms with van der Waals surface area (Å²) in [4.78, 5) is 38.6. The molecule has 0 radical (unpaired) electrons. The van der Waals surface area contributed by atoms with Crippen molar-refractivity contribution in [3.05, 3.63) is 35.4 Å². The number of esters is 1. The number of ether oxygens (including phenoxy) is 2. The van der Waals surface area contributed by atoms with E-state index in [0.717, 1.165) is 6.07 Å². The molecule has 1 aliphatic heterocycles. The van der Waals surface area contributed by atoms with Gasteiger partial charge in [-0.3, -0.25) is 9.69 Å². The number of Topliss-reactive ketones (excluding diaryl/α,β-unsaturated/α-hetero) is 1. The lowest BCUT2D eigenvalue weighted by Gasteiger charge is -2.29. The van der Waals surface area contributed by atoms with Crippen molar-refractivity contribution in [2.24, 2.45) is 5.92 Å². The van der Waals surface area contributed by atoms with Gasteiger partial charge in [-0.15, -0.1) is 0 Å². The molecule has 0 N–H and O–H groups in total. The first-order chi connectivity index (χ1) is 13.0. The molecule has 2 aliphatic rings. The predicted octanol–water partition coefficient (Wildman–Crippen LogP) is 2.97. The van der Waals surface area contributed by atoms with Gasteiger partial charge in [0.15, 0.2) is 0 Å². The summed E-state index contributed by atoms with van der Waals surface area (Å²) < 4.78 is 37.7. The van der Waals surface area contributed by atoms with Crippen LogP contribution in [0, 0.1) is 17.6 Å². The fourth-order valence-corrected chi connectivity index (χ4v) is 3.96. The number of hydrogen-bond donors (Lipinski definition) is 0. The molecule has 1 saturated heterocycles. The highest BCUT2D eigenvalue weighted by atomic mass is 19.1. The van der Waals surface area contributed by atoms with Gasteiger partial charge in [-0.1, -0.05) is 0 Å². The molecule has 3 rings (SSSR count). The van der Waals surface area contributed by atoms with Crippen molar-refractivity contribution < 1.29 is 32.6 Å². The van der Waals surface area contributed by atoms with Gasteiger partial charge in [0.1, 0.15) is 23.3 Å². The molecule has 6 nitrogen and oxygen atoms in total. The van der Waals surface area contributed by atoms with Crippen molar-refractivity contribution >= 4 is 17.8 Å². The molecule has 8 heteroatoms. The van der Waals surface area contributed by atoms with Gasteiger partial charge in [0, 0.05) is 18.0 Å². The van der Waals surface area contributed by atoms with E-state index in [4.69, 9.17) is 9.47 Å². The van der Waals surface area contributed by atoms with E-state index in [9.17, 15) is 23.2 Å². The second-order valence-corrected chi connectivity index (χ2v) is 8.26. The normalized spacial score (nSPS) is 25.9. The van der Waals surface area contributed by atoms with Crippen LogP contribution in [-0.2, 0) is 24.5 Å². The number of rotatable bonds is 4. The maximum atomic E-state index is 13.7. The van der Waals surface area contributed by atoms with Crippen LogP contribution < -0.4 is 0 Å². The zero-order valence-corrected chi connectivity index (χ0v) is 16.3. The van der Waals surface area contributed by atoms with Crippen LogP contribution in [-0.4, -0.2) is 47.5 Å². The summed E-state index contributed by atoms with van der Waals surface area (Å²) in [5.41, 5.74) is -1.23. The molecular formula is C20H23F2NO5. The van der Waals surface area contributed by atoms with Crippen LogP contribution in [0.1, 0.15) is 39.7 Å². The average molecular weight is 395 g/mol. The molecule has 2 fully saturated rings. The maximum Gasteiger partial charge on any atom is 0.410 e. The minimum absolute atomic E-state index is 0.0225. The highest BCUT2D eigenvalue weighted by Crippen LogP contribution is 2.62. The lowest BCUT2D eigenvalue weighted by molar-refractivity contribution is -0.155. The zero-order chi connectivity index (χ0) is 20.9. The van der Waals surface area contributed by atoms with E-state index in [2.05, 4.69) is 0 Å². The van der Waals surface area contributed by atoms with Gasteiger partial charge in [-0.05, 0) is 57.7 Å². The Balaban J connectivity index is 1.95. The van der Waals surface area contributed by atoms with E-state index in [1.54, 1.807) is 27.7 Å². The largest absolute Gasteiger partial charge is 0.460 e. The summed E-state index contributed by atoms with van der Waals surface area (Å²) in [6, 6.07) is 2.08. The second-order valence-electron chi connectivity index (χ2n) is 8.26. The molecular weight excluding hydrogens is 372 g/mol. The fourth-order valence-electron chi connectivity index (χ4n) is 3.96. The quantitative estimate of drug-likeness (QED) is 0.579. The van der Waals surface area contributed by atoms with Crippen LogP contribution in [0.3, 0.4) is 0 Å². The lowest BCUT2D eigenvalue weighted by atomic mass is 9.93. The zero-order valence-electron chi connectivity index (χ0n) is 16.3. The summed E-state index contributed by atoms with van der Waals surface area (Å²) in [6.07, 6.45) is -0.316. The van der Waals surface area contributed by atoms with E-state index >= 15 is 0 Å². The number of halogens is 2. The molecule has 1 aliphatic carbocycles. The number of benzene rings is 1. The molecule has 0 unspecified atom stereocenters. The number of piperidine rings is 1. The first kappa shape index (κ1) is 20.2. The molecule has 152 valence electrons. The molecule has 28 heavy (non-hydrogen) atoms. The molecule has 0 bridgehead atoms. The molecule has 0 aromatic heterocycles. The Hall–Kier alpha value is -2.51. The Bertz CT molecular complexity index is 814. The number of likely N-dealkylation sites (tertiary alicyclic amines) is 1. The standard InChI is InChI=1S/C20H23F2NO5/c1-5-27-17(25)16(24)15-14-9-20(14,11-6-12(21)8-13(22)7-11)10-23(15)18(26)28-19(2,3)4/h6-8,14-15H,5,9-10H2,1-4H3/t14-,15+,20+/m0/s1. The molecule has 3 atom stereocenters. The number of nitrogens with zero attached hydrogens (tertiary/aromatic N) is 1. The molecule has 1 heterocycles. The molecule has 1 aromatic carbocycles. The Morgan fingerprint density at radius 2 is 1.79 bits per heavy atom. The topological polar surface area (TPSA) is 72.9 Å². The third kappa shape index (κ3) is 3.59. The number of ketones is 1. The number of fused-ring (bicyclic) bond motifs is 1. The van der Waals surface area contributed by atoms with E-state index in [-0.39, 0.29) is 13.2 Å². The van der Waals surface area contributed by atoms with Crippen LogP contribution >= 0.6 is 0 Å². The van der Waals surface area contributed by atoms with Gasteiger partial charge < -0.3 is 9.47 Å². The average Bonchev–Trinajstić information content (AvgIpc) is 3.18. The van der Waals surface area contributed by atoms with E-state index < -0.39 is 52.5 Å². The van der Waals surface area contributed by atoms with E-state index in [1.165, 1.54) is 17.0 Å². The highest BCUT2D eigenvalue weighted by Gasteiger charge is 2.69. The van der Waals surface area contributed by atoms with Gasteiger partial charge in [0.05, 0.1) is 6.61 Å². The van der Waals surface area contributed by atoms with Gasteiger partial charge in [-0.2, -0.15) is 0 Å². The predicted molar refractivity (Wildman–Crippen MR) is 94.5 cm³/mol. The molecule has 0 spiro atoms. The van der Waals surface area contributed by atoms with Crippen LogP contribution in [0.2, 0.25) is 0 Å². The fraction of sp³-hybridized carbons (Fsp3) is 0.550. The van der Waals surface area contributed by atoms with Crippen molar-refractivity contribution in [1.82, 2.24) is 4.90 Å². The molecule has 1 amide bonds. The minimum atomic E-state index is -1.08. The SMILES string of the molecule is CCOC(=O)C(=O)[C@H]1[C@@H]2C[C@]2(c2cc(F)cc(F)c2)CN1C(=O)OC(C)(C)C. The smallest absolute Gasteiger partial charge is 0.410 e. The monoisotopic (exact) mass is 395 g/mol. The number of carbonyl (C=O) groups is 3. The minimum Gasteiger partial charge on any atom is -0.460 e. The summed E-state index contributed by atoms with van der Waals surface area (Å²) in [6.45, 7) is 6.67. The Kier molecular flexibility index (Phi) is 4.93. The maximum absolute atomic E-state index is 13.7. The van der Waals surface area contributed by atoms with E-state index in [1.807, 2.05) is 0 Å². The Labute approximate surface area is 161 Å². The van der Waals surface area contributed by atoms with Crippen LogP contribution in [0.15, 0.2) is 18.2 Å². The number of hydrogen-bond acceptors (Lipinski definition) is 5.